The summed E-state index contributed by atoms with van der Waals surface area (Å²) < 4.78 is 17.1. The van der Waals surface area contributed by atoms with Crippen molar-refractivity contribution in [1.82, 2.24) is 4.90 Å². The van der Waals surface area contributed by atoms with E-state index in [2.05, 4.69) is 4.90 Å². The number of likely N-dealkylation sites (tertiary alicyclic amines) is 1. The number of nitrogens with zero attached hydrogens (tertiary/aromatic N) is 3. The zero-order valence-corrected chi connectivity index (χ0v) is 25.4. The van der Waals surface area contributed by atoms with Gasteiger partial charge in [-0.2, -0.15) is 0 Å². The average molecular weight is 607 g/mol. The van der Waals surface area contributed by atoms with Gasteiger partial charge in [0.05, 0.1) is 48.7 Å². The minimum Gasteiger partial charge on any atom is -0.497 e. The minimum atomic E-state index is -0.718. The number of thioether (sulfide) groups is 1. The summed E-state index contributed by atoms with van der Waals surface area (Å²) in [6.45, 7) is 4.19. The fraction of sp³-hybridized carbons (Fsp3) is 0.500. The smallest absolute Gasteiger partial charge is 0.317 e. The fourth-order valence-electron chi connectivity index (χ4n) is 4.93. The van der Waals surface area contributed by atoms with Crippen LogP contribution in [0.5, 0.6) is 5.75 Å². The highest BCUT2D eigenvalue weighted by atomic mass is 35.5. The number of ether oxygens (including phenoxy) is 3. The number of esters is 1. The zero-order chi connectivity index (χ0) is 28.3. The molecule has 2 heterocycles. The van der Waals surface area contributed by atoms with E-state index in [4.69, 9.17) is 47.4 Å². The van der Waals surface area contributed by atoms with Crippen LogP contribution in [-0.4, -0.2) is 74.6 Å². The second-order valence-corrected chi connectivity index (χ2v) is 11.5. The van der Waals surface area contributed by atoms with Gasteiger partial charge in [0.2, 0.25) is 0 Å². The number of benzene rings is 2. The molecule has 2 aromatic rings. The number of methoxy groups -OCH3 is 1. The SMILES string of the molecule is COc1ccc(CCCOC(=O)C2C(COCCN3CCCCC3)=NC(SC)=NC2c2ccc(Cl)c(Cl)c2)cc1. The molecule has 2 aliphatic rings. The molecule has 4 rings (SSSR count). The van der Waals surface area contributed by atoms with E-state index in [1.165, 1.54) is 31.0 Å². The first kappa shape index (κ1) is 30.8. The summed E-state index contributed by atoms with van der Waals surface area (Å²) in [7, 11) is 1.65. The summed E-state index contributed by atoms with van der Waals surface area (Å²) in [5.41, 5.74) is 2.55. The van der Waals surface area contributed by atoms with Crippen LogP contribution in [0.1, 0.15) is 42.9 Å². The van der Waals surface area contributed by atoms with E-state index < -0.39 is 12.0 Å². The highest BCUT2D eigenvalue weighted by Crippen LogP contribution is 2.36. The van der Waals surface area contributed by atoms with Crippen LogP contribution in [0.4, 0.5) is 0 Å². The molecule has 0 radical (unpaired) electrons. The maximum atomic E-state index is 13.6. The second-order valence-electron chi connectivity index (χ2n) is 9.89. The maximum Gasteiger partial charge on any atom is 0.317 e. The molecular formula is C30H37Cl2N3O4S. The number of halogens is 2. The number of carbonyl (C=O) groups excluding carboxylic acids is 1. The molecular weight excluding hydrogens is 569 g/mol. The highest BCUT2D eigenvalue weighted by Gasteiger charge is 2.38. The minimum absolute atomic E-state index is 0.233. The Morgan fingerprint density at radius 2 is 1.82 bits per heavy atom. The van der Waals surface area contributed by atoms with E-state index in [0.29, 0.717) is 34.0 Å². The lowest BCUT2D eigenvalue weighted by molar-refractivity contribution is -0.147. The lowest BCUT2D eigenvalue weighted by Crippen LogP contribution is -2.38. The van der Waals surface area contributed by atoms with E-state index in [-0.39, 0.29) is 19.2 Å². The van der Waals surface area contributed by atoms with E-state index >= 15 is 0 Å². The molecule has 216 valence electrons. The number of hydrogen-bond donors (Lipinski definition) is 0. The molecule has 2 aliphatic heterocycles. The molecule has 0 saturated carbocycles. The summed E-state index contributed by atoms with van der Waals surface area (Å²) in [5.74, 6) is -0.270. The first-order valence-corrected chi connectivity index (χ1v) is 15.7. The predicted octanol–water partition coefficient (Wildman–Crippen LogP) is 6.51. The van der Waals surface area contributed by atoms with Crippen molar-refractivity contribution in [2.24, 2.45) is 15.9 Å². The van der Waals surface area contributed by atoms with Crippen molar-refractivity contribution in [2.45, 2.75) is 38.1 Å². The Morgan fingerprint density at radius 1 is 1.05 bits per heavy atom. The van der Waals surface area contributed by atoms with Crippen molar-refractivity contribution in [3.05, 3.63) is 63.6 Å². The summed E-state index contributed by atoms with van der Waals surface area (Å²) >= 11 is 14.0. The van der Waals surface area contributed by atoms with Gasteiger partial charge in [0.15, 0.2) is 5.17 Å². The molecule has 2 unspecified atom stereocenters. The quantitative estimate of drug-likeness (QED) is 0.203. The summed E-state index contributed by atoms with van der Waals surface area (Å²) in [6.07, 6.45) is 7.16. The standard InChI is InChI=1S/C30H37Cl2N3O4S/c1-37-23-11-8-21(9-12-23)7-6-17-39-29(36)27-26(20-38-18-16-35-14-4-3-5-15-35)33-30(40-2)34-28(27)22-10-13-24(31)25(32)19-22/h8-13,19,27-28H,3-7,14-18,20H2,1-2H3. The van der Waals surface area contributed by atoms with E-state index in [1.54, 1.807) is 19.2 Å². The third kappa shape index (κ3) is 8.70. The van der Waals surface area contributed by atoms with Crippen molar-refractivity contribution in [3.63, 3.8) is 0 Å². The monoisotopic (exact) mass is 605 g/mol. The third-order valence-electron chi connectivity index (χ3n) is 7.15. The van der Waals surface area contributed by atoms with Gasteiger partial charge in [-0.25, -0.2) is 4.99 Å². The summed E-state index contributed by atoms with van der Waals surface area (Å²) in [4.78, 5) is 25.5. The number of aliphatic imine (C=N–C) groups is 2. The van der Waals surface area contributed by atoms with Gasteiger partial charge in [-0.3, -0.25) is 9.79 Å². The number of rotatable bonds is 12. The van der Waals surface area contributed by atoms with Crippen LogP contribution < -0.4 is 4.74 Å². The lowest BCUT2D eigenvalue weighted by Gasteiger charge is -2.29. The Labute approximate surface area is 251 Å². The van der Waals surface area contributed by atoms with Crippen LogP contribution in [-0.2, 0) is 20.7 Å². The molecule has 0 bridgehead atoms. The molecule has 0 N–H and O–H groups in total. The molecule has 2 aromatic carbocycles. The number of amidine groups is 1. The fourth-order valence-corrected chi connectivity index (χ4v) is 5.66. The van der Waals surface area contributed by atoms with Crippen LogP contribution in [0.25, 0.3) is 0 Å². The van der Waals surface area contributed by atoms with Gasteiger partial charge in [0, 0.05) is 6.54 Å². The predicted molar refractivity (Wildman–Crippen MR) is 164 cm³/mol. The van der Waals surface area contributed by atoms with Gasteiger partial charge >= 0.3 is 5.97 Å². The normalized spacial score (nSPS) is 19.6. The number of carbonyl (C=O) groups is 1. The Balaban J connectivity index is 1.44. The van der Waals surface area contributed by atoms with Gasteiger partial charge in [0.25, 0.3) is 0 Å². The van der Waals surface area contributed by atoms with Crippen LogP contribution >= 0.6 is 35.0 Å². The Hall–Kier alpha value is -2.10. The molecule has 10 heteroatoms. The van der Waals surface area contributed by atoms with Crippen molar-refractivity contribution < 1.29 is 19.0 Å². The number of aryl methyl sites for hydroxylation is 1. The molecule has 7 nitrogen and oxygen atoms in total. The van der Waals surface area contributed by atoms with Gasteiger partial charge < -0.3 is 19.1 Å². The average Bonchev–Trinajstić information content (AvgIpc) is 2.99. The van der Waals surface area contributed by atoms with Gasteiger partial charge in [0.1, 0.15) is 11.7 Å². The summed E-state index contributed by atoms with van der Waals surface area (Å²) in [6, 6.07) is 12.7. The zero-order valence-electron chi connectivity index (χ0n) is 23.1. The topological polar surface area (TPSA) is 72.7 Å². The Bertz CT molecular complexity index is 1190. The van der Waals surface area contributed by atoms with Gasteiger partial charge in [-0.15, -0.1) is 0 Å². The van der Waals surface area contributed by atoms with Crippen LogP contribution in [0.3, 0.4) is 0 Å². The van der Waals surface area contributed by atoms with Gasteiger partial charge in [-0.1, -0.05) is 59.6 Å². The second kappa shape index (κ2) is 15.8. The largest absolute Gasteiger partial charge is 0.497 e. The number of hydrogen-bond acceptors (Lipinski definition) is 8. The maximum absolute atomic E-state index is 13.6. The third-order valence-corrected chi connectivity index (χ3v) is 8.45. The Kier molecular flexibility index (Phi) is 12.2. The molecule has 1 saturated heterocycles. The lowest BCUT2D eigenvalue weighted by atomic mass is 9.88. The van der Waals surface area contributed by atoms with Crippen LogP contribution in [0, 0.1) is 5.92 Å². The van der Waals surface area contributed by atoms with E-state index in [9.17, 15) is 4.79 Å². The van der Waals surface area contributed by atoms with Crippen molar-refractivity contribution in [3.8, 4) is 5.75 Å². The highest BCUT2D eigenvalue weighted by molar-refractivity contribution is 8.13. The summed E-state index contributed by atoms with van der Waals surface area (Å²) in [5, 5.41) is 1.45. The van der Waals surface area contributed by atoms with Crippen molar-refractivity contribution >= 4 is 51.8 Å². The van der Waals surface area contributed by atoms with Crippen molar-refractivity contribution in [2.75, 3.05) is 52.8 Å². The first-order chi connectivity index (χ1) is 19.5. The molecule has 2 atom stereocenters. The number of piperidine rings is 1. The molecule has 40 heavy (non-hydrogen) atoms. The van der Waals surface area contributed by atoms with Crippen molar-refractivity contribution in [1.29, 1.82) is 0 Å². The Morgan fingerprint density at radius 3 is 2.52 bits per heavy atom. The first-order valence-electron chi connectivity index (χ1n) is 13.7. The van der Waals surface area contributed by atoms with Crippen LogP contribution in [0.2, 0.25) is 10.0 Å². The molecule has 0 amide bonds. The molecule has 1 fully saturated rings. The van der Waals surface area contributed by atoms with E-state index in [1.807, 2.05) is 36.6 Å². The van der Waals surface area contributed by atoms with E-state index in [0.717, 1.165) is 42.9 Å². The van der Waals surface area contributed by atoms with Gasteiger partial charge in [-0.05, 0) is 80.4 Å². The molecule has 0 aromatic heterocycles. The van der Waals surface area contributed by atoms with Crippen LogP contribution in [0.15, 0.2) is 52.4 Å². The molecule has 0 aliphatic carbocycles. The molecule has 0 spiro atoms.